The predicted molar refractivity (Wildman–Crippen MR) is 130 cm³/mol. The minimum absolute atomic E-state index is 0.0111. The van der Waals surface area contributed by atoms with Gasteiger partial charge in [0.15, 0.2) is 5.78 Å². The standard InChI is InChI=1S/C28H25N3O2/c1-18-8-5-12-21(16-18)31-22-13-6-14-23(32)25(22)24(20-11-7-15-30-17-20)26(28(31)29)27(33)19-9-3-2-4-10-19/h2-5,7-12,15-17,24,29,33H,6,13-14H2,1H3/b27-26+,29-28?/t24-/m0/s1. The van der Waals surface area contributed by atoms with E-state index in [9.17, 15) is 15.3 Å². The number of ketones is 1. The highest BCUT2D eigenvalue weighted by Gasteiger charge is 2.43. The fourth-order valence-corrected chi connectivity index (χ4v) is 4.88. The van der Waals surface area contributed by atoms with Gasteiger partial charge in [-0.15, -0.1) is 0 Å². The molecule has 0 spiro atoms. The number of nitrogens with zero attached hydrogens (tertiary/aromatic N) is 2. The molecule has 2 aliphatic rings. The molecule has 0 saturated heterocycles. The Kier molecular flexibility index (Phi) is 5.38. The van der Waals surface area contributed by atoms with Crippen LogP contribution < -0.4 is 4.90 Å². The molecule has 5 rings (SSSR count). The second-order valence-corrected chi connectivity index (χ2v) is 8.51. The van der Waals surface area contributed by atoms with Crippen molar-refractivity contribution in [2.75, 3.05) is 4.90 Å². The number of pyridine rings is 1. The van der Waals surface area contributed by atoms with Crippen LogP contribution in [-0.2, 0) is 4.79 Å². The molecular weight excluding hydrogens is 410 g/mol. The zero-order valence-corrected chi connectivity index (χ0v) is 18.5. The predicted octanol–water partition coefficient (Wildman–Crippen LogP) is 5.95. The lowest BCUT2D eigenvalue weighted by atomic mass is 9.73. The van der Waals surface area contributed by atoms with E-state index in [0.29, 0.717) is 29.6 Å². The first kappa shape index (κ1) is 20.9. The van der Waals surface area contributed by atoms with Crippen molar-refractivity contribution in [2.45, 2.75) is 32.1 Å². The quantitative estimate of drug-likeness (QED) is 0.499. The molecular formula is C28H25N3O2. The van der Waals surface area contributed by atoms with Crippen molar-refractivity contribution in [1.82, 2.24) is 4.98 Å². The number of aliphatic hydroxyl groups is 1. The number of aliphatic hydroxyl groups excluding tert-OH is 1. The van der Waals surface area contributed by atoms with Crippen LogP contribution in [0, 0.1) is 12.3 Å². The number of allylic oxidation sites excluding steroid dienone is 2. The van der Waals surface area contributed by atoms with Crippen molar-refractivity contribution in [3.8, 4) is 0 Å². The van der Waals surface area contributed by atoms with Crippen LogP contribution in [0.15, 0.2) is 96.0 Å². The van der Waals surface area contributed by atoms with Crippen LogP contribution in [0.3, 0.4) is 0 Å². The molecule has 2 aromatic carbocycles. The van der Waals surface area contributed by atoms with Gasteiger partial charge >= 0.3 is 0 Å². The van der Waals surface area contributed by atoms with Gasteiger partial charge in [0.2, 0.25) is 0 Å². The fraction of sp³-hybridized carbons (Fsp3) is 0.179. The summed E-state index contributed by atoms with van der Waals surface area (Å²) in [5.74, 6) is -0.287. The molecule has 2 heterocycles. The Hall–Kier alpha value is -3.99. The van der Waals surface area contributed by atoms with Gasteiger partial charge in [-0.3, -0.25) is 20.1 Å². The van der Waals surface area contributed by atoms with Crippen molar-refractivity contribution in [3.63, 3.8) is 0 Å². The third kappa shape index (κ3) is 3.65. The minimum atomic E-state index is -0.546. The summed E-state index contributed by atoms with van der Waals surface area (Å²) in [5, 5.41) is 20.8. The molecule has 0 unspecified atom stereocenters. The summed E-state index contributed by atoms with van der Waals surface area (Å²) in [6.07, 6.45) is 5.33. The van der Waals surface area contributed by atoms with Gasteiger partial charge < -0.3 is 5.11 Å². The first-order valence-corrected chi connectivity index (χ1v) is 11.2. The van der Waals surface area contributed by atoms with Crippen LogP contribution >= 0.6 is 0 Å². The molecule has 164 valence electrons. The van der Waals surface area contributed by atoms with Gasteiger partial charge in [-0.25, -0.2) is 0 Å². The second kappa shape index (κ2) is 8.51. The summed E-state index contributed by atoms with van der Waals surface area (Å²) in [7, 11) is 0. The topological polar surface area (TPSA) is 77.3 Å². The maximum atomic E-state index is 13.4. The van der Waals surface area contributed by atoms with Gasteiger partial charge in [0, 0.05) is 52.8 Å². The number of carbonyl (C=O) groups is 1. The third-order valence-electron chi connectivity index (χ3n) is 6.33. The van der Waals surface area contributed by atoms with Crippen LogP contribution in [0.1, 0.15) is 41.9 Å². The van der Waals surface area contributed by atoms with E-state index >= 15 is 0 Å². The average Bonchev–Trinajstić information content (AvgIpc) is 2.84. The van der Waals surface area contributed by atoms with Crippen LogP contribution in [-0.4, -0.2) is 21.7 Å². The van der Waals surface area contributed by atoms with Crippen molar-refractivity contribution < 1.29 is 9.90 Å². The van der Waals surface area contributed by atoms with Gasteiger partial charge in [0.05, 0.1) is 0 Å². The molecule has 5 heteroatoms. The zero-order chi connectivity index (χ0) is 22.9. The molecule has 1 aliphatic carbocycles. The number of Topliss-reactive ketones (excluding diaryl/α,β-unsaturated/α-hetero) is 1. The SMILES string of the molecule is Cc1cccc(N2C(=N)/C(=C(/O)c3ccccc3)[C@@H](c3cccnc3)C3=C2CCCC3=O)c1. The van der Waals surface area contributed by atoms with E-state index < -0.39 is 5.92 Å². The van der Waals surface area contributed by atoms with Crippen LogP contribution in [0.2, 0.25) is 0 Å². The Balaban J connectivity index is 1.83. The Morgan fingerprint density at radius 3 is 2.61 bits per heavy atom. The Morgan fingerprint density at radius 2 is 1.88 bits per heavy atom. The van der Waals surface area contributed by atoms with Gasteiger partial charge in [0.1, 0.15) is 11.6 Å². The monoisotopic (exact) mass is 435 g/mol. The number of hydrogen-bond donors (Lipinski definition) is 2. The maximum Gasteiger partial charge on any atom is 0.161 e. The number of rotatable bonds is 3. The molecule has 33 heavy (non-hydrogen) atoms. The van der Waals surface area contributed by atoms with Crippen molar-refractivity contribution in [2.24, 2.45) is 0 Å². The Morgan fingerprint density at radius 1 is 1.06 bits per heavy atom. The van der Waals surface area contributed by atoms with E-state index in [4.69, 9.17) is 0 Å². The summed E-state index contributed by atoms with van der Waals surface area (Å²) < 4.78 is 0. The number of benzene rings is 2. The zero-order valence-electron chi connectivity index (χ0n) is 18.5. The molecule has 0 amide bonds. The van der Waals surface area contributed by atoms with Gasteiger partial charge in [-0.2, -0.15) is 0 Å². The number of hydrogen-bond acceptors (Lipinski definition) is 4. The van der Waals surface area contributed by atoms with E-state index in [-0.39, 0.29) is 17.4 Å². The number of amidine groups is 1. The van der Waals surface area contributed by atoms with Crippen molar-refractivity contribution >= 4 is 23.1 Å². The highest BCUT2D eigenvalue weighted by atomic mass is 16.3. The lowest BCUT2D eigenvalue weighted by molar-refractivity contribution is -0.116. The number of aryl methyl sites for hydroxylation is 1. The van der Waals surface area contributed by atoms with Crippen LogP contribution in [0.25, 0.3) is 5.76 Å². The van der Waals surface area contributed by atoms with Crippen molar-refractivity contribution in [1.29, 1.82) is 5.41 Å². The molecule has 1 atom stereocenters. The number of carbonyl (C=O) groups excluding carboxylic acids is 1. The largest absolute Gasteiger partial charge is 0.507 e. The molecule has 5 nitrogen and oxygen atoms in total. The average molecular weight is 436 g/mol. The summed E-state index contributed by atoms with van der Waals surface area (Å²) in [6, 6.07) is 20.9. The summed E-state index contributed by atoms with van der Waals surface area (Å²) in [4.78, 5) is 19.5. The van der Waals surface area contributed by atoms with E-state index in [1.54, 1.807) is 12.4 Å². The highest BCUT2D eigenvalue weighted by molar-refractivity contribution is 6.19. The van der Waals surface area contributed by atoms with Crippen LogP contribution in [0.5, 0.6) is 0 Å². The smallest absolute Gasteiger partial charge is 0.161 e. The van der Waals surface area contributed by atoms with E-state index in [1.165, 1.54) is 0 Å². The van der Waals surface area contributed by atoms with Gasteiger partial charge in [-0.05, 0) is 49.1 Å². The number of anilines is 1. The highest BCUT2D eigenvalue weighted by Crippen LogP contribution is 2.47. The fourth-order valence-electron chi connectivity index (χ4n) is 4.88. The van der Waals surface area contributed by atoms with E-state index in [0.717, 1.165) is 28.9 Å². The van der Waals surface area contributed by atoms with Gasteiger partial charge in [0.25, 0.3) is 0 Å². The molecule has 0 fully saturated rings. The Bertz CT molecular complexity index is 1290. The molecule has 0 radical (unpaired) electrons. The van der Waals surface area contributed by atoms with Crippen LogP contribution in [0.4, 0.5) is 5.69 Å². The molecule has 0 saturated carbocycles. The van der Waals surface area contributed by atoms with Crippen molar-refractivity contribution in [3.05, 3.63) is 113 Å². The molecule has 1 aliphatic heterocycles. The van der Waals surface area contributed by atoms with Gasteiger partial charge in [-0.1, -0.05) is 48.5 Å². The maximum absolute atomic E-state index is 13.4. The summed E-state index contributed by atoms with van der Waals surface area (Å²) in [5.41, 5.74) is 5.23. The Labute approximate surface area is 193 Å². The first-order valence-electron chi connectivity index (χ1n) is 11.2. The third-order valence-corrected chi connectivity index (χ3v) is 6.33. The minimum Gasteiger partial charge on any atom is -0.507 e. The normalized spacial score (nSPS) is 20.0. The first-order chi connectivity index (χ1) is 16.1. The lowest BCUT2D eigenvalue weighted by Gasteiger charge is -2.41. The summed E-state index contributed by atoms with van der Waals surface area (Å²) in [6.45, 7) is 2.01. The molecule has 1 aromatic heterocycles. The van der Waals surface area contributed by atoms with E-state index in [2.05, 4.69) is 4.98 Å². The number of nitrogens with one attached hydrogen (secondary N) is 1. The van der Waals surface area contributed by atoms with E-state index in [1.807, 2.05) is 78.6 Å². The summed E-state index contributed by atoms with van der Waals surface area (Å²) >= 11 is 0. The lowest BCUT2D eigenvalue weighted by Crippen LogP contribution is -2.42. The number of aromatic nitrogens is 1. The molecule has 2 N–H and O–H groups in total. The molecule has 0 bridgehead atoms. The second-order valence-electron chi connectivity index (χ2n) is 8.51. The molecule has 3 aromatic rings.